The Hall–Kier alpha value is -0.950. The molecular weight excluding hydrogens is 338 g/mol. The molecule has 0 saturated carbocycles. The van der Waals surface area contributed by atoms with Crippen LogP contribution < -0.4 is 0 Å². The average Bonchev–Trinajstić information content (AvgIpc) is 3.02. The maximum Gasteiger partial charge on any atom is 0.265 e. The van der Waals surface area contributed by atoms with Gasteiger partial charge in [-0.05, 0) is 24.8 Å². The molecule has 0 unspecified atom stereocenters. The maximum absolute atomic E-state index is 12.5. The molecule has 22 heavy (non-hydrogen) atoms. The van der Waals surface area contributed by atoms with Crippen LogP contribution in [0.15, 0.2) is 16.8 Å². The highest BCUT2D eigenvalue weighted by atomic mass is 35.5. The molecule has 0 spiro atoms. The summed E-state index contributed by atoms with van der Waals surface area (Å²) >= 11 is 9.19. The van der Waals surface area contributed by atoms with Gasteiger partial charge < -0.3 is 4.90 Å². The quantitative estimate of drug-likeness (QED) is 0.845. The zero-order valence-corrected chi connectivity index (χ0v) is 14.8. The van der Waals surface area contributed by atoms with Crippen molar-refractivity contribution in [3.8, 4) is 0 Å². The van der Waals surface area contributed by atoms with E-state index in [1.54, 1.807) is 17.4 Å². The minimum Gasteiger partial charge on any atom is -0.337 e. The molecule has 7 heteroatoms. The van der Waals surface area contributed by atoms with E-state index in [-0.39, 0.29) is 5.91 Å². The van der Waals surface area contributed by atoms with Crippen molar-refractivity contribution in [2.24, 2.45) is 0 Å². The zero-order valence-electron chi connectivity index (χ0n) is 12.4. The Morgan fingerprint density at radius 1 is 1.32 bits per heavy atom. The fraction of sp³-hybridized carbons (Fsp3) is 0.467. The third-order valence-electron chi connectivity index (χ3n) is 3.74. The normalized spacial score (nSPS) is 16.7. The van der Waals surface area contributed by atoms with Crippen molar-refractivity contribution < 1.29 is 4.79 Å². The third-order valence-corrected chi connectivity index (χ3v) is 5.89. The average molecular weight is 356 g/mol. The molecule has 4 nitrogen and oxygen atoms in total. The van der Waals surface area contributed by atoms with E-state index in [4.69, 9.17) is 11.6 Å². The second-order valence-electron chi connectivity index (χ2n) is 5.38. The largest absolute Gasteiger partial charge is 0.337 e. The molecule has 0 aliphatic carbocycles. The van der Waals surface area contributed by atoms with E-state index in [0.717, 1.165) is 49.8 Å². The highest BCUT2D eigenvalue weighted by molar-refractivity contribution is 7.12. The van der Waals surface area contributed by atoms with Crippen molar-refractivity contribution in [2.75, 3.05) is 26.2 Å². The number of carbonyl (C=O) groups excluding carboxylic acids is 1. The number of rotatable bonds is 3. The smallest absolute Gasteiger partial charge is 0.265 e. The first-order valence-corrected chi connectivity index (χ1v) is 9.43. The molecule has 0 aromatic carbocycles. The van der Waals surface area contributed by atoms with Gasteiger partial charge in [0.1, 0.15) is 4.88 Å². The second-order valence-corrected chi connectivity index (χ2v) is 7.76. The lowest BCUT2D eigenvalue weighted by atomic mass is 10.3. The van der Waals surface area contributed by atoms with E-state index >= 15 is 0 Å². The molecule has 1 amide bonds. The summed E-state index contributed by atoms with van der Waals surface area (Å²) in [6, 6.07) is 1.79. The van der Waals surface area contributed by atoms with Crippen LogP contribution in [-0.4, -0.2) is 46.9 Å². The van der Waals surface area contributed by atoms with E-state index in [1.165, 1.54) is 11.3 Å². The van der Waals surface area contributed by atoms with Gasteiger partial charge in [-0.3, -0.25) is 9.69 Å². The van der Waals surface area contributed by atoms with Crippen LogP contribution in [0.5, 0.6) is 0 Å². The van der Waals surface area contributed by atoms with Crippen LogP contribution in [0.2, 0.25) is 5.02 Å². The molecule has 1 aliphatic rings. The minimum atomic E-state index is 0.0614. The number of halogens is 1. The maximum atomic E-state index is 12.5. The molecule has 2 aromatic heterocycles. The molecule has 1 aliphatic heterocycles. The first-order chi connectivity index (χ1) is 10.6. The summed E-state index contributed by atoms with van der Waals surface area (Å²) < 4.78 is 0. The van der Waals surface area contributed by atoms with Gasteiger partial charge in [0.2, 0.25) is 0 Å². The zero-order chi connectivity index (χ0) is 15.5. The topological polar surface area (TPSA) is 36.4 Å². The summed E-state index contributed by atoms with van der Waals surface area (Å²) in [6.45, 7) is 6.31. The van der Waals surface area contributed by atoms with Crippen molar-refractivity contribution >= 4 is 40.2 Å². The van der Waals surface area contributed by atoms with Crippen molar-refractivity contribution in [3.63, 3.8) is 0 Å². The van der Waals surface area contributed by atoms with Crippen LogP contribution >= 0.6 is 34.3 Å². The monoisotopic (exact) mass is 355 g/mol. The van der Waals surface area contributed by atoms with Gasteiger partial charge in [-0.1, -0.05) is 11.6 Å². The Balaban J connectivity index is 1.60. The molecule has 0 atom stereocenters. The summed E-state index contributed by atoms with van der Waals surface area (Å²) in [5.41, 5.74) is 1.13. The van der Waals surface area contributed by atoms with Crippen LogP contribution in [0.3, 0.4) is 0 Å². The Bertz CT molecular complexity index is 655. The van der Waals surface area contributed by atoms with Gasteiger partial charge in [0, 0.05) is 38.1 Å². The summed E-state index contributed by atoms with van der Waals surface area (Å²) in [5, 5.41) is 5.65. The van der Waals surface area contributed by atoms with Crippen molar-refractivity contribution in [1.29, 1.82) is 0 Å². The summed E-state index contributed by atoms with van der Waals surface area (Å²) in [5.74, 6) is 0.0614. The molecule has 3 heterocycles. The lowest BCUT2D eigenvalue weighted by Gasteiger charge is -2.21. The predicted molar refractivity (Wildman–Crippen MR) is 92.0 cm³/mol. The van der Waals surface area contributed by atoms with Gasteiger partial charge in [0.15, 0.2) is 0 Å². The molecule has 118 valence electrons. The van der Waals surface area contributed by atoms with Gasteiger partial charge in [-0.15, -0.1) is 22.7 Å². The summed E-state index contributed by atoms with van der Waals surface area (Å²) in [7, 11) is 0. The molecule has 1 fully saturated rings. The number of nitrogens with zero attached hydrogens (tertiary/aromatic N) is 3. The van der Waals surface area contributed by atoms with Gasteiger partial charge in [0.25, 0.3) is 5.91 Å². The van der Waals surface area contributed by atoms with Crippen molar-refractivity contribution in [1.82, 2.24) is 14.8 Å². The number of aromatic nitrogens is 1. The van der Waals surface area contributed by atoms with Crippen molar-refractivity contribution in [2.45, 2.75) is 19.9 Å². The summed E-state index contributed by atoms with van der Waals surface area (Å²) in [4.78, 5) is 22.0. The third kappa shape index (κ3) is 3.68. The van der Waals surface area contributed by atoms with Crippen LogP contribution in [0.25, 0.3) is 0 Å². The van der Waals surface area contributed by atoms with Crippen LogP contribution in [-0.2, 0) is 6.54 Å². The highest BCUT2D eigenvalue weighted by Crippen LogP contribution is 2.24. The summed E-state index contributed by atoms with van der Waals surface area (Å²) in [6.07, 6.45) is 0.984. The SMILES string of the molecule is Cc1nc(CN2CCCN(C(=O)c3sccc3Cl)CC2)cs1. The van der Waals surface area contributed by atoms with E-state index in [0.29, 0.717) is 9.90 Å². The second kappa shape index (κ2) is 7.08. The number of thiophene rings is 1. The van der Waals surface area contributed by atoms with Crippen molar-refractivity contribution in [3.05, 3.63) is 37.4 Å². The molecule has 0 bridgehead atoms. The molecule has 3 rings (SSSR count). The first-order valence-electron chi connectivity index (χ1n) is 7.29. The molecule has 0 radical (unpaired) electrons. The first kappa shape index (κ1) is 15.9. The molecular formula is C15H18ClN3OS2. The highest BCUT2D eigenvalue weighted by Gasteiger charge is 2.23. The van der Waals surface area contributed by atoms with Gasteiger partial charge in [-0.25, -0.2) is 4.98 Å². The standard InChI is InChI=1S/C15H18ClN3OS2/c1-11-17-12(10-22-11)9-18-4-2-5-19(7-6-18)15(20)14-13(16)3-8-21-14/h3,8,10H,2,4-7,9H2,1H3. The van der Waals surface area contributed by atoms with E-state index in [9.17, 15) is 4.79 Å². The van der Waals surface area contributed by atoms with Crippen LogP contribution in [0.4, 0.5) is 0 Å². The van der Waals surface area contributed by atoms with Crippen LogP contribution in [0, 0.1) is 6.92 Å². The fourth-order valence-corrected chi connectivity index (χ4v) is 4.34. The van der Waals surface area contributed by atoms with E-state index in [2.05, 4.69) is 15.3 Å². The number of hydrogen-bond donors (Lipinski definition) is 0. The number of thiazole rings is 1. The number of aryl methyl sites for hydroxylation is 1. The Morgan fingerprint density at radius 3 is 2.86 bits per heavy atom. The van der Waals surface area contributed by atoms with Crippen LogP contribution in [0.1, 0.15) is 26.8 Å². The predicted octanol–water partition coefficient (Wildman–Crippen LogP) is 3.51. The lowest BCUT2D eigenvalue weighted by molar-refractivity contribution is 0.0766. The Labute approximate surface area is 143 Å². The van der Waals surface area contributed by atoms with Gasteiger partial charge in [0.05, 0.1) is 15.7 Å². The number of amides is 1. The number of carbonyl (C=O) groups is 1. The van der Waals surface area contributed by atoms with Gasteiger partial charge in [-0.2, -0.15) is 0 Å². The molecule has 0 N–H and O–H groups in total. The number of hydrogen-bond acceptors (Lipinski definition) is 5. The Morgan fingerprint density at radius 2 is 2.18 bits per heavy atom. The minimum absolute atomic E-state index is 0.0614. The van der Waals surface area contributed by atoms with E-state index in [1.807, 2.05) is 17.2 Å². The lowest BCUT2D eigenvalue weighted by Crippen LogP contribution is -2.34. The molecule has 2 aromatic rings. The molecule has 1 saturated heterocycles. The van der Waals surface area contributed by atoms with E-state index < -0.39 is 0 Å². The Kier molecular flexibility index (Phi) is 5.13. The van der Waals surface area contributed by atoms with Gasteiger partial charge >= 0.3 is 0 Å². The fourth-order valence-electron chi connectivity index (χ4n) is 2.63.